The van der Waals surface area contributed by atoms with E-state index in [0.717, 1.165) is 33.5 Å². The Kier molecular flexibility index (Phi) is 3.35. The van der Waals surface area contributed by atoms with Crippen LogP contribution in [0.2, 0.25) is 0 Å². The van der Waals surface area contributed by atoms with Crippen molar-refractivity contribution in [3.05, 3.63) is 47.5 Å². The molecule has 0 aliphatic carbocycles. The van der Waals surface area contributed by atoms with Crippen molar-refractivity contribution in [3.8, 4) is 11.5 Å². The van der Waals surface area contributed by atoms with Crippen molar-refractivity contribution in [2.45, 2.75) is 13.8 Å². The van der Waals surface area contributed by atoms with Gasteiger partial charge in [-0.3, -0.25) is 0 Å². The maximum absolute atomic E-state index is 5.85. The zero-order chi connectivity index (χ0) is 15.0. The molecule has 3 N–H and O–H groups in total. The number of aryl methyl sites for hydroxylation is 1. The number of oxazole rings is 1. The summed E-state index contributed by atoms with van der Waals surface area (Å²) in [5, 5.41) is 3.21. The van der Waals surface area contributed by atoms with E-state index < -0.39 is 0 Å². The topological polar surface area (TPSA) is 64.1 Å². The lowest BCUT2D eigenvalue weighted by Gasteiger charge is -2.10. The van der Waals surface area contributed by atoms with Gasteiger partial charge in [0.25, 0.3) is 0 Å². The summed E-state index contributed by atoms with van der Waals surface area (Å²) in [4.78, 5) is 4.57. The quantitative estimate of drug-likeness (QED) is 0.705. The smallest absolute Gasteiger partial charge is 0.227 e. The first-order chi connectivity index (χ1) is 10.0. The zero-order valence-electron chi connectivity index (χ0n) is 11.8. The van der Waals surface area contributed by atoms with Crippen molar-refractivity contribution in [2.24, 2.45) is 5.73 Å². The second kappa shape index (κ2) is 5.18. The number of nitrogens with two attached hydrogens (primary N) is 1. The van der Waals surface area contributed by atoms with Gasteiger partial charge in [-0.25, -0.2) is 4.98 Å². The molecule has 0 aliphatic heterocycles. The molecule has 3 aromatic rings. The first-order valence-corrected chi connectivity index (χ1v) is 6.99. The van der Waals surface area contributed by atoms with E-state index in [4.69, 9.17) is 22.4 Å². The average molecular weight is 297 g/mol. The Labute approximate surface area is 128 Å². The highest BCUT2D eigenvalue weighted by molar-refractivity contribution is 7.80. The number of nitrogens with one attached hydrogen (secondary N) is 1. The predicted octanol–water partition coefficient (Wildman–Crippen LogP) is 3.77. The van der Waals surface area contributed by atoms with Crippen LogP contribution in [0.4, 0.5) is 5.69 Å². The van der Waals surface area contributed by atoms with E-state index in [1.165, 1.54) is 0 Å². The summed E-state index contributed by atoms with van der Waals surface area (Å²) in [6, 6.07) is 11.8. The summed E-state index contributed by atoms with van der Waals surface area (Å²) in [5.41, 5.74) is 11.1. The van der Waals surface area contributed by atoms with Crippen molar-refractivity contribution in [1.29, 1.82) is 0 Å². The van der Waals surface area contributed by atoms with Crippen LogP contribution in [0, 0.1) is 13.8 Å². The van der Waals surface area contributed by atoms with Crippen LogP contribution in [0.5, 0.6) is 0 Å². The summed E-state index contributed by atoms with van der Waals surface area (Å²) in [7, 11) is 0. The molecule has 2 aromatic carbocycles. The molecule has 0 amide bonds. The Morgan fingerprint density at radius 3 is 2.81 bits per heavy atom. The molecular formula is C16H15N3OS. The highest BCUT2D eigenvalue weighted by Gasteiger charge is 2.13. The fraction of sp³-hybridized carbons (Fsp3) is 0.125. The maximum Gasteiger partial charge on any atom is 0.227 e. The van der Waals surface area contributed by atoms with Crippen molar-refractivity contribution in [1.82, 2.24) is 4.98 Å². The predicted molar refractivity (Wildman–Crippen MR) is 89.3 cm³/mol. The van der Waals surface area contributed by atoms with Crippen LogP contribution in [0.3, 0.4) is 0 Å². The van der Waals surface area contributed by atoms with Gasteiger partial charge in [0, 0.05) is 11.3 Å². The Morgan fingerprint density at radius 1 is 1.24 bits per heavy atom. The highest BCUT2D eigenvalue weighted by atomic mass is 32.1. The van der Waals surface area contributed by atoms with Gasteiger partial charge >= 0.3 is 0 Å². The molecule has 106 valence electrons. The molecule has 0 radical (unpaired) electrons. The van der Waals surface area contributed by atoms with E-state index >= 15 is 0 Å². The Balaban J connectivity index is 2.11. The lowest BCUT2D eigenvalue weighted by Crippen LogP contribution is -2.19. The molecule has 0 unspecified atom stereocenters. The number of anilines is 1. The maximum atomic E-state index is 5.85. The van der Waals surface area contributed by atoms with Crippen molar-refractivity contribution in [3.63, 3.8) is 0 Å². The Hall–Kier alpha value is -2.40. The van der Waals surface area contributed by atoms with Crippen LogP contribution in [0.15, 0.2) is 40.8 Å². The summed E-state index contributed by atoms with van der Waals surface area (Å²) in [6.07, 6.45) is 0. The first-order valence-electron chi connectivity index (χ1n) is 6.58. The first kappa shape index (κ1) is 13.6. The number of aromatic nitrogens is 1. The number of hydrogen-bond acceptors (Lipinski definition) is 3. The molecule has 0 saturated carbocycles. The summed E-state index contributed by atoms with van der Waals surface area (Å²) < 4.78 is 5.85. The summed E-state index contributed by atoms with van der Waals surface area (Å²) in [6.45, 7) is 4.02. The molecule has 1 aromatic heterocycles. The van der Waals surface area contributed by atoms with Gasteiger partial charge in [-0.05, 0) is 61.5 Å². The van der Waals surface area contributed by atoms with Crippen LogP contribution in [-0.4, -0.2) is 10.1 Å². The van der Waals surface area contributed by atoms with Crippen LogP contribution in [-0.2, 0) is 0 Å². The molecule has 5 heteroatoms. The van der Waals surface area contributed by atoms with Gasteiger partial charge in [0.1, 0.15) is 5.52 Å². The number of thiocarbonyl (C=S) groups is 1. The SMILES string of the molecule is Cc1ccc2oc(-c3cccc(NC(N)=S)c3C)nc2c1. The van der Waals surface area contributed by atoms with Gasteiger partial charge in [-0.1, -0.05) is 12.1 Å². The molecule has 0 bridgehead atoms. The number of rotatable bonds is 2. The molecule has 1 heterocycles. The Morgan fingerprint density at radius 2 is 2.05 bits per heavy atom. The molecule has 0 atom stereocenters. The van der Waals surface area contributed by atoms with E-state index in [9.17, 15) is 0 Å². The molecule has 4 nitrogen and oxygen atoms in total. The number of fused-ring (bicyclic) bond motifs is 1. The third-order valence-electron chi connectivity index (χ3n) is 3.37. The van der Waals surface area contributed by atoms with Gasteiger partial charge in [0.15, 0.2) is 10.7 Å². The van der Waals surface area contributed by atoms with E-state index in [0.29, 0.717) is 5.89 Å². The molecular weight excluding hydrogens is 282 g/mol. The minimum Gasteiger partial charge on any atom is -0.436 e. The standard InChI is InChI=1S/C16H15N3OS/c1-9-6-7-14-13(8-9)18-15(20-14)11-4-3-5-12(10(11)2)19-16(17)21/h3-8H,1-2H3,(H3,17,19,21). The summed E-state index contributed by atoms with van der Waals surface area (Å²) in [5.74, 6) is 0.597. The highest BCUT2D eigenvalue weighted by Crippen LogP contribution is 2.30. The van der Waals surface area contributed by atoms with E-state index in [2.05, 4.69) is 10.3 Å². The average Bonchev–Trinajstić information content (AvgIpc) is 2.83. The third-order valence-corrected chi connectivity index (χ3v) is 3.47. The van der Waals surface area contributed by atoms with Gasteiger partial charge in [-0.15, -0.1) is 0 Å². The third kappa shape index (κ3) is 2.60. The molecule has 0 spiro atoms. The van der Waals surface area contributed by atoms with Crippen molar-refractivity contribution in [2.75, 3.05) is 5.32 Å². The van der Waals surface area contributed by atoms with Gasteiger partial charge in [0.2, 0.25) is 5.89 Å². The largest absolute Gasteiger partial charge is 0.436 e. The fourth-order valence-corrected chi connectivity index (χ4v) is 2.40. The number of hydrogen-bond donors (Lipinski definition) is 2. The van der Waals surface area contributed by atoms with E-state index in [-0.39, 0.29) is 5.11 Å². The van der Waals surface area contributed by atoms with Crippen LogP contribution in [0.25, 0.3) is 22.6 Å². The Bertz CT molecular complexity index is 839. The van der Waals surface area contributed by atoms with Crippen molar-refractivity contribution >= 4 is 34.1 Å². The van der Waals surface area contributed by atoms with Gasteiger partial charge in [0.05, 0.1) is 0 Å². The fourth-order valence-electron chi connectivity index (χ4n) is 2.29. The number of nitrogens with zero attached hydrogens (tertiary/aromatic N) is 1. The summed E-state index contributed by atoms with van der Waals surface area (Å²) >= 11 is 4.89. The molecule has 0 saturated heterocycles. The number of benzene rings is 2. The van der Waals surface area contributed by atoms with Gasteiger partial charge < -0.3 is 15.5 Å². The molecule has 3 rings (SSSR count). The van der Waals surface area contributed by atoms with Crippen LogP contribution < -0.4 is 11.1 Å². The normalized spacial score (nSPS) is 10.8. The lowest BCUT2D eigenvalue weighted by atomic mass is 10.1. The molecule has 0 aliphatic rings. The van der Waals surface area contributed by atoms with Crippen LogP contribution >= 0.6 is 12.2 Å². The molecule has 21 heavy (non-hydrogen) atoms. The van der Waals surface area contributed by atoms with Crippen molar-refractivity contribution < 1.29 is 4.42 Å². The minimum absolute atomic E-state index is 0.239. The second-order valence-electron chi connectivity index (χ2n) is 4.96. The van der Waals surface area contributed by atoms with E-state index in [1.54, 1.807) is 0 Å². The monoisotopic (exact) mass is 297 g/mol. The minimum atomic E-state index is 0.239. The van der Waals surface area contributed by atoms with Gasteiger partial charge in [-0.2, -0.15) is 0 Å². The lowest BCUT2D eigenvalue weighted by molar-refractivity contribution is 0.619. The zero-order valence-corrected chi connectivity index (χ0v) is 12.6. The van der Waals surface area contributed by atoms with E-state index in [1.807, 2.05) is 50.2 Å². The van der Waals surface area contributed by atoms with Crippen LogP contribution in [0.1, 0.15) is 11.1 Å². The second-order valence-corrected chi connectivity index (χ2v) is 5.40. The molecule has 0 fully saturated rings.